The minimum atomic E-state index is 0.235. The third kappa shape index (κ3) is 6.21. The highest BCUT2D eigenvalue weighted by Gasteiger charge is 2.32. The summed E-state index contributed by atoms with van der Waals surface area (Å²) in [4.78, 5) is 2.37. The standard InChI is InChI=1S/C15H32N2O2/c1-16-13-15(7-5-3-4-6-8-15)14-17(9-11-18)10-12-19-2/h16,18H,3-14H2,1-2H3. The monoisotopic (exact) mass is 272 g/mol. The van der Waals surface area contributed by atoms with E-state index < -0.39 is 0 Å². The van der Waals surface area contributed by atoms with Crippen molar-refractivity contribution < 1.29 is 9.84 Å². The molecule has 1 aliphatic carbocycles. The SMILES string of the molecule is CNCC1(CN(CCO)CCOC)CCCCCC1. The summed E-state index contributed by atoms with van der Waals surface area (Å²) in [6.45, 7) is 4.83. The molecular formula is C15H32N2O2. The fourth-order valence-corrected chi connectivity index (χ4v) is 3.35. The zero-order valence-electron chi connectivity index (χ0n) is 12.8. The summed E-state index contributed by atoms with van der Waals surface area (Å²) in [5.74, 6) is 0. The second-order valence-corrected chi connectivity index (χ2v) is 5.94. The third-order valence-electron chi connectivity index (χ3n) is 4.30. The van der Waals surface area contributed by atoms with Gasteiger partial charge in [-0.1, -0.05) is 25.7 Å². The van der Waals surface area contributed by atoms with Crippen LogP contribution in [0.15, 0.2) is 0 Å². The first-order valence-corrected chi connectivity index (χ1v) is 7.73. The maximum absolute atomic E-state index is 9.24. The van der Waals surface area contributed by atoms with E-state index in [0.29, 0.717) is 5.41 Å². The van der Waals surface area contributed by atoms with Crippen LogP contribution in [-0.2, 0) is 4.74 Å². The summed E-state index contributed by atoms with van der Waals surface area (Å²) in [5.41, 5.74) is 0.383. The van der Waals surface area contributed by atoms with Crippen LogP contribution >= 0.6 is 0 Å². The summed E-state index contributed by atoms with van der Waals surface area (Å²) >= 11 is 0. The highest BCUT2D eigenvalue weighted by atomic mass is 16.5. The van der Waals surface area contributed by atoms with Crippen molar-refractivity contribution in [2.75, 3.05) is 53.6 Å². The molecule has 0 saturated heterocycles. The van der Waals surface area contributed by atoms with Gasteiger partial charge in [0.1, 0.15) is 0 Å². The van der Waals surface area contributed by atoms with Crippen LogP contribution in [0.1, 0.15) is 38.5 Å². The van der Waals surface area contributed by atoms with E-state index >= 15 is 0 Å². The number of methoxy groups -OCH3 is 1. The first-order chi connectivity index (χ1) is 9.26. The number of ether oxygens (including phenoxy) is 1. The lowest BCUT2D eigenvalue weighted by Crippen LogP contribution is -2.45. The molecule has 0 radical (unpaired) electrons. The second-order valence-electron chi connectivity index (χ2n) is 5.94. The molecule has 0 spiro atoms. The van der Waals surface area contributed by atoms with E-state index in [-0.39, 0.29) is 6.61 Å². The predicted molar refractivity (Wildman–Crippen MR) is 79.5 cm³/mol. The minimum Gasteiger partial charge on any atom is -0.395 e. The fourth-order valence-electron chi connectivity index (χ4n) is 3.35. The van der Waals surface area contributed by atoms with Gasteiger partial charge in [0.2, 0.25) is 0 Å². The Bertz CT molecular complexity index is 216. The summed E-state index contributed by atoms with van der Waals surface area (Å²) in [6, 6.07) is 0. The molecule has 1 aliphatic rings. The van der Waals surface area contributed by atoms with Gasteiger partial charge in [0.15, 0.2) is 0 Å². The third-order valence-corrected chi connectivity index (χ3v) is 4.30. The van der Waals surface area contributed by atoms with Crippen LogP contribution in [0.25, 0.3) is 0 Å². The van der Waals surface area contributed by atoms with E-state index in [1.54, 1.807) is 7.11 Å². The van der Waals surface area contributed by atoms with Crippen LogP contribution in [0, 0.1) is 5.41 Å². The van der Waals surface area contributed by atoms with Gasteiger partial charge in [0, 0.05) is 33.3 Å². The Morgan fingerprint density at radius 1 is 1.16 bits per heavy atom. The molecule has 0 heterocycles. The molecule has 0 unspecified atom stereocenters. The Morgan fingerprint density at radius 2 is 1.84 bits per heavy atom. The van der Waals surface area contributed by atoms with Crippen molar-refractivity contribution in [3.63, 3.8) is 0 Å². The van der Waals surface area contributed by atoms with Gasteiger partial charge in [-0.15, -0.1) is 0 Å². The second kappa shape index (κ2) is 9.70. The van der Waals surface area contributed by atoms with Gasteiger partial charge in [-0.2, -0.15) is 0 Å². The molecule has 1 saturated carbocycles. The molecule has 0 atom stereocenters. The lowest BCUT2D eigenvalue weighted by atomic mass is 9.79. The number of aliphatic hydroxyl groups excluding tert-OH is 1. The van der Waals surface area contributed by atoms with Crippen molar-refractivity contribution in [3.8, 4) is 0 Å². The molecule has 19 heavy (non-hydrogen) atoms. The van der Waals surface area contributed by atoms with Gasteiger partial charge in [-0.05, 0) is 25.3 Å². The number of aliphatic hydroxyl groups is 1. The maximum Gasteiger partial charge on any atom is 0.0589 e. The predicted octanol–water partition coefficient (Wildman–Crippen LogP) is 1.49. The quantitative estimate of drug-likeness (QED) is 0.624. The Balaban J connectivity index is 2.61. The molecular weight excluding hydrogens is 240 g/mol. The summed E-state index contributed by atoms with van der Waals surface area (Å²) < 4.78 is 5.19. The average Bonchev–Trinajstić information content (AvgIpc) is 2.63. The Kier molecular flexibility index (Phi) is 8.62. The zero-order chi connectivity index (χ0) is 14.0. The Labute approximate surface area is 118 Å². The molecule has 4 nitrogen and oxygen atoms in total. The molecule has 1 fully saturated rings. The van der Waals surface area contributed by atoms with E-state index in [9.17, 15) is 5.11 Å². The molecule has 0 bridgehead atoms. The largest absolute Gasteiger partial charge is 0.395 e. The molecule has 0 aromatic rings. The van der Waals surface area contributed by atoms with E-state index in [4.69, 9.17) is 4.74 Å². The smallest absolute Gasteiger partial charge is 0.0589 e. The minimum absolute atomic E-state index is 0.235. The molecule has 1 rings (SSSR count). The van der Waals surface area contributed by atoms with E-state index in [2.05, 4.69) is 17.3 Å². The lowest BCUT2D eigenvalue weighted by Gasteiger charge is -2.38. The number of nitrogens with zero attached hydrogens (tertiary/aromatic N) is 1. The number of hydrogen-bond donors (Lipinski definition) is 2. The Hall–Kier alpha value is -0.160. The van der Waals surface area contributed by atoms with Crippen LogP contribution < -0.4 is 5.32 Å². The highest BCUT2D eigenvalue weighted by Crippen LogP contribution is 2.35. The van der Waals surface area contributed by atoms with Gasteiger partial charge in [0.05, 0.1) is 13.2 Å². The van der Waals surface area contributed by atoms with E-state index in [1.165, 1.54) is 38.5 Å². The van der Waals surface area contributed by atoms with Crippen molar-refractivity contribution in [2.45, 2.75) is 38.5 Å². The van der Waals surface area contributed by atoms with Crippen LogP contribution in [0.4, 0.5) is 0 Å². The first-order valence-electron chi connectivity index (χ1n) is 7.73. The number of nitrogens with one attached hydrogen (secondary N) is 1. The average molecular weight is 272 g/mol. The molecule has 0 amide bonds. The summed E-state index contributed by atoms with van der Waals surface area (Å²) in [5, 5.41) is 12.6. The summed E-state index contributed by atoms with van der Waals surface area (Å²) in [6.07, 6.45) is 8.07. The fraction of sp³-hybridized carbons (Fsp3) is 1.00. The topological polar surface area (TPSA) is 44.7 Å². The number of rotatable bonds is 9. The molecule has 0 aliphatic heterocycles. The molecule has 4 heteroatoms. The van der Waals surface area contributed by atoms with Crippen LogP contribution in [-0.4, -0.2) is 63.6 Å². The molecule has 2 N–H and O–H groups in total. The van der Waals surface area contributed by atoms with Crippen molar-refractivity contribution in [1.29, 1.82) is 0 Å². The lowest BCUT2D eigenvalue weighted by molar-refractivity contribution is 0.0813. The van der Waals surface area contributed by atoms with E-state index in [1.807, 2.05) is 0 Å². The molecule has 0 aromatic heterocycles. The normalized spacial score (nSPS) is 19.6. The van der Waals surface area contributed by atoms with Crippen LogP contribution in [0.3, 0.4) is 0 Å². The molecule has 0 aromatic carbocycles. The highest BCUT2D eigenvalue weighted by molar-refractivity contribution is 4.86. The van der Waals surface area contributed by atoms with Crippen molar-refractivity contribution in [1.82, 2.24) is 10.2 Å². The van der Waals surface area contributed by atoms with Gasteiger partial charge < -0.3 is 15.2 Å². The van der Waals surface area contributed by atoms with Crippen LogP contribution in [0.5, 0.6) is 0 Å². The number of hydrogen-bond acceptors (Lipinski definition) is 4. The van der Waals surface area contributed by atoms with Crippen molar-refractivity contribution in [2.24, 2.45) is 5.41 Å². The van der Waals surface area contributed by atoms with Gasteiger partial charge >= 0.3 is 0 Å². The summed E-state index contributed by atoms with van der Waals surface area (Å²) in [7, 11) is 3.80. The van der Waals surface area contributed by atoms with Crippen molar-refractivity contribution in [3.05, 3.63) is 0 Å². The Morgan fingerprint density at radius 3 is 2.37 bits per heavy atom. The van der Waals surface area contributed by atoms with E-state index in [0.717, 1.165) is 32.8 Å². The van der Waals surface area contributed by atoms with Gasteiger partial charge in [-0.25, -0.2) is 0 Å². The zero-order valence-corrected chi connectivity index (χ0v) is 12.8. The van der Waals surface area contributed by atoms with Crippen LogP contribution in [0.2, 0.25) is 0 Å². The van der Waals surface area contributed by atoms with Gasteiger partial charge in [-0.3, -0.25) is 4.90 Å². The maximum atomic E-state index is 9.24. The van der Waals surface area contributed by atoms with Crippen molar-refractivity contribution >= 4 is 0 Å². The molecule has 114 valence electrons. The first kappa shape index (κ1) is 16.9. The van der Waals surface area contributed by atoms with Gasteiger partial charge in [0.25, 0.3) is 0 Å².